The second-order valence-corrected chi connectivity index (χ2v) is 7.09. The molecule has 0 spiro atoms. The highest BCUT2D eigenvalue weighted by molar-refractivity contribution is 6.05. The number of nitrogens with one attached hydrogen (secondary N) is 2. The van der Waals surface area contributed by atoms with Crippen LogP contribution in [-0.4, -0.2) is 22.8 Å². The van der Waals surface area contributed by atoms with Crippen LogP contribution in [0.15, 0.2) is 72.8 Å². The van der Waals surface area contributed by atoms with Crippen molar-refractivity contribution in [2.45, 2.75) is 19.2 Å². The van der Waals surface area contributed by atoms with Gasteiger partial charge in [0.1, 0.15) is 0 Å². The molecule has 11 heteroatoms. The summed E-state index contributed by atoms with van der Waals surface area (Å²) < 4.78 is 44.0. The fourth-order valence-corrected chi connectivity index (χ4v) is 2.91. The summed E-state index contributed by atoms with van der Waals surface area (Å²) in [5, 5.41) is 16.0. The van der Waals surface area contributed by atoms with Crippen LogP contribution in [0.25, 0.3) is 0 Å². The second-order valence-electron chi connectivity index (χ2n) is 7.09. The smallest absolute Gasteiger partial charge is 0.416 e. The summed E-state index contributed by atoms with van der Waals surface area (Å²) in [6.07, 6.45) is -5.66. The van der Waals surface area contributed by atoms with Crippen molar-refractivity contribution in [1.29, 1.82) is 0 Å². The molecule has 0 aromatic heterocycles. The number of amides is 2. The first-order valence-corrected chi connectivity index (χ1v) is 9.84. The van der Waals surface area contributed by atoms with Crippen molar-refractivity contribution in [1.82, 2.24) is 0 Å². The average Bonchev–Trinajstić information content (AvgIpc) is 2.79. The van der Waals surface area contributed by atoms with Gasteiger partial charge in [0.25, 0.3) is 11.8 Å². The zero-order valence-corrected chi connectivity index (χ0v) is 17.6. The molecule has 3 aromatic rings. The summed E-state index contributed by atoms with van der Waals surface area (Å²) in [7, 11) is 0. The zero-order chi connectivity index (χ0) is 24.9. The molecule has 1 atom stereocenters. The first kappa shape index (κ1) is 24.2. The minimum absolute atomic E-state index is 0.0410. The Balaban J connectivity index is 1.68. The molecule has 3 aromatic carbocycles. The fraction of sp³-hybridized carbons (Fsp3) is 0.130. The van der Waals surface area contributed by atoms with E-state index >= 15 is 0 Å². The lowest BCUT2D eigenvalue weighted by molar-refractivity contribution is -0.386. The molecule has 0 bridgehead atoms. The molecule has 0 aliphatic heterocycles. The number of para-hydroxylation sites is 2. The minimum Gasteiger partial charge on any atom is -0.474 e. The van der Waals surface area contributed by atoms with Gasteiger partial charge in [0.2, 0.25) is 0 Å². The van der Waals surface area contributed by atoms with E-state index in [1.807, 2.05) is 0 Å². The van der Waals surface area contributed by atoms with Gasteiger partial charge in [-0.1, -0.05) is 24.3 Å². The zero-order valence-electron chi connectivity index (χ0n) is 17.6. The van der Waals surface area contributed by atoms with Gasteiger partial charge < -0.3 is 15.4 Å². The number of anilines is 2. The average molecular weight is 473 g/mol. The monoisotopic (exact) mass is 473 g/mol. The van der Waals surface area contributed by atoms with E-state index in [1.165, 1.54) is 67.6 Å². The molecule has 3 rings (SSSR count). The molecule has 0 fully saturated rings. The molecule has 0 radical (unpaired) electrons. The Kier molecular flexibility index (Phi) is 7.15. The number of carbonyl (C=O) groups excluding carboxylic acids is 2. The highest BCUT2D eigenvalue weighted by Gasteiger charge is 2.30. The number of nitrogens with zero attached hydrogens (tertiary/aromatic N) is 1. The van der Waals surface area contributed by atoms with Crippen LogP contribution in [0.2, 0.25) is 0 Å². The molecule has 0 saturated heterocycles. The number of ether oxygens (including phenoxy) is 1. The third kappa shape index (κ3) is 6.09. The summed E-state index contributed by atoms with van der Waals surface area (Å²) in [4.78, 5) is 35.4. The van der Waals surface area contributed by atoms with Crippen LogP contribution in [0, 0.1) is 10.1 Å². The molecular formula is C23H18F3N3O5. The van der Waals surface area contributed by atoms with E-state index in [9.17, 15) is 32.9 Å². The summed E-state index contributed by atoms with van der Waals surface area (Å²) in [6, 6.07) is 15.5. The van der Waals surface area contributed by atoms with E-state index in [0.717, 1.165) is 12.1 Å². The van der Waals surface area contributed by atoms with E-state index in [4.69, 9.17) is 4.74 Å². The maximum absolute atomic E-state index is 12.9. The van der Waals surface area contributed by atoms with E-state index in [2.05, 4.69) is 10.6 Å². The first-order chi connectivity index (χ1) is 16.0. The van der Waals surface area contributed by atoms with Crippen molar-refractivity contribution < 1.29 is 32.4 Å². The minimum atomic E-state index is -4.55. The molecule has 8 nitrogen and oxygen atoms in total. The van der Waals surface area contributed by atoms with E-state index in [1.54, 1.807) is 0 Å². The number of nitro benzene ring substituents is 1. The van der Waals surface area contributed by atoms with Crippen LogP contribution >= 0.6 is 0 Å². The van der Waals surface area contributed by atoms with Crippen molar-refractivity contribution in [2.24, 2.45) is 0 Å². The van der Waals surface area contributed by atoms with E-state index in [-0.39, 0.29) is 28.4 Å². The van der Waals surface area contributed by atoms with Gasteiger partial charge in [-0.2, -0.15) is 13.2 Å². The molecule has 0 aliphatic rings. The number of benzene rings is 3. The van der Waals surface area contributed by atoms with Gasteiger partial charge in [-0.25, -0.2) is 0 Å². The Morgan fingerprint density at radius 1 is 0.941 bits per heavy atom. The highest BCUT2D eigenvalue weighted by Crippen LogP contribution is 2.31. The Hall–Kier alpha value is -4.41. The normalized spacial score (nSPS) is 11.9. The van der Waals surface area contributed by atoms with Crippen molar-refractivity contribution in [3.05, 3.63) is 94.0 Å². The quantitative estimate of drug-likeness (QED) is 0.359. The molecule has 34 heavy (non-hydrogen) atoms. The maximum Gasteiger partial charge on any atom is 0.416 e. The number of hydrogen-bond donors (Lipinski definition) is 2. The molecule has 1 unspecified atom stereocenters. The fourth-order valence-electron chi connectivity index (χ4n) is 2.91. The van der Waals surface area contributed by atoms with Crippen molar-refractivity contribution in [3.8, 4) is 5.75 Å². The van der Waals surface area contributed by atoms with Crippen molar-refractivity contribution in [2.75, 3.05) is 10.6 Å². The summed E-state index contributed by atoms with van der Waals surface area (Å²) in [6.45, 7) is 1.40. The SMILES string of the molecule is CC(Oc1ccccc1[N+](=O)[O-])C(=O)Nc1cccc(C(=O)Nc2cccc(C(F)(F)F)c2)c1. The predicted molar refractivity (Wildman–Crippen MR) is 118 cm³/mol. The maximum atomic E-state index is 12.9. The van der Waals surface area contributed by atoms with E-state index < -0.39 is 34.6 Å². The van der Waals surface area contributed by atoms with Crippen LogP contribution in [0.5, 0.6) is 5.75 Å². The second kappa shape index (κ2) is 10.0. The number of nitro groups is 1. The third-order valence-corrected chi connectivity index (χ3v) is 4.57. The molecular weight excluding hydrogens is 455 g/mol. The van der Waals surface area contributed by atoms with Crippen LogP contribution in [0.1, 0.15) is 22.8 Å². The van der Waals surface area contributed by atoms with Crippen LogP contribution < -0.4 is 15.4 Å². The lowest BCUT2D eigenvalue weighted by Crippen LogP contribution is -2.30. The number of carbonyl (C=O) groups is 2. The van der Waals surface area contributed by atoms with Gasteiger partial charge >= 0.3 is 11.9 Å². The summed E-state index contributed by atoms with van der Waals surface area (Å²) in [5.41, 5.74) is -0.933. The molecule has 176 valence electrons. The van der Waals surface area contributed by atoms with E-state index in [0.29, 0.717) is 0 Å². The van der Waals surface area contributed by atoms with Crippen LogP contribution in [0.4, 0.5) is 30.2 Å². The van der Waals surface area contributed by atoms with Gasteiger partial charge in [-0.15, -0.1) is 0 Å². The molecule has 2 amide bonds. The summed E-state index contributed by atoms with van der Waals surface area (Å²) in [5.74, 6) is -1.39. The molecule has 0 aliphatic carbocycles. The lowest BCUT2D eigenvalue weighted by atomic mass is 10.1. The van der Waals surface area contributed by atoms with Gasteiger partial charge in [-0.3, -0.25) is 19.7 Å². The van der Waals surface area contributed by atoms with Gasteiger partial charge in [-0.05, 0) is 49.4 Å². The molecule has 2 N–H and O–H groups in total. The predicted octanol–water partition coefficient (Wildman–Crippen LogP) is 5.27. The number of rotatable bonds is 7. The van der Waals surface area contributed by atoms with Crippen molar-refractivity contribution >= 4 is 28.9 Å². The van der Waals surface area contributed by atoms with Crippen LogP contribution in [-0.2, 0) is 11.0 Å². The van der Waals surface area contributed by atoms with Crippen LogP contribution in [0.3, 0.4) is 0 Å². The lowest BCUT2D eigenvalue weighted by Gasteiger charge is -2.15. The topological polar surface area (TPSA) is 111 Å². The number of halogens is 3. The largest absolute Gasteiger partial charge is 0.474 e. The number of alkyl halides is 3. The van der Waals surface area contributed by atoms with Gasteiger partial charge in [0.05, 0.1) is 10.5 Å². The molecule has 0 heterocycles. The highest BCUT2D eigenvalue weighted by atomic mass is 19.4. The third-order valence-electron chi connectivity index (χ3n) is 4.57. The Bertz CT molecular complexity index is 1230. The Morgan fingerprint density at radius 3 is 2.26 bits per heavy atom. The van der Waals surface area contributed by atoms with Crippen molar-refractivity contribution in [3.63, 3.8) is 0 Å². The van der Waals surface area contributed by atoms with Gasteiger partial charge in [0.15, 0.2) is 11.9 Å². The Labute approximate surface area is 191 Å². The standard InChI is InChI=1S/C23H18F3N3O5/c1-14(34-20-11-3-2-10-19(20)29(32)33)21(30)27-17-8-4-6-15(12-17)22(31)28-18-9-5-7-16(13-18)23(24,25)26/h2-14H,1H3,(H,27,30)(H,28,31). The first-order valence-electron chi connectivity index (χ1n) is 9.84. The molecule has 0 saturated carbocycles. The summed E-state index contributed by atoms with van der Waals surface area (Å²) >= 11 is 0. The Morgan fingerprint density at radius 2 is 1.59 bits per heavy atom. The van der Waals surface area contributed by atoms with Gasteiger partial charge in [0, 0.05) is 23.0 Å². The number of hydrogen-bond acceptors (Lipinski definition) is 5.